The lowest BCUT2D eigenvalue weighted by molar-refractivity contribution is 0.636. The molecule has 0 saturated carbocycles. The monoisotopic (exact) mass is 340 g/mol. The summed E-state index contributed by atoms with van der Waals surface area (Å²) in [5.41, 5.74) is 1.53. The Bertz CT molecular complexity index is 865. The van der Waals surface area contributed by atoms with E-state index in [1.54, 1.807) is 24.3 Å². The number of aryl methyl sites for hydroxylation is 1. The van der Waals surface area contributed by atoms with Crippen LogP contribution in [0.25, 0.3) is 22.3 Å². The highest BCUT2D eigenvalue weighted by molar-refractivity contribution is 6.36. The average Bonchev–Trinajstić information content (AvgIpc) is 2.42. The molecule has 0 spiro atoms. The summed E-state index contributed by atoms with van der Waals surface area (Å²) < 4.78 is 14.0. The third-order valence-electron chi connectivity index (χ3n) is 3.14. The first-order valence-corrected chi connectivity index (χ1v) is 7.18. The quantitative estimate of drug-likeness (QED) is 0.530. The third-order valence-corrected chi connectivity index (χ3v) is 3.96. The second kappa shape index (κ2) is 5.41. The molecule has 1 aromatic heterocycles. The number of benzene rings is 2. The summed E-state index contributed by atoms with van der Waals surface area (Å²) in [6, 6.07) is 7.91. The molecule has 106 valence electrons. The lowest BCUT2D eigenvalue weighted by atomic mass is 10.1. The van der Waals surface area contributed by atoms with Gasteiger partial charge < -0.3 is 0 Å². The van der Waals surface area contributed by atoms with E-state index in [1.165, 1.54) is 6.07 Å². The van der Waals surface area contributed by atoms with Gasteiger partial charge in [0.15, 0.2) is 5.82 Å². The van der Waals surface area contributed by atoms with Crippen molar-refractivity contribution in [3.8, 4) is 11.4 Å². The van der Waals surface area contributed by atoms with Crippen molar-refractivity contribution in [1.82, 2.24) is 9.97 Å². The first kappa shape index (κ1) is 14.5. The van der Waals surface area contributed by atoms with Gasteiger partial charge in [-0.25, -0.2) is 14.4 Å². The summed E-state index contributed by atoms with van der Waals surface area (Å²) in [7, 11) is 0. The first-order valence-electron chi connectivity index (χ1n) is 6.05. The topological polar surface area (TPSA) is 25.8 Å². The Labute approximate surface area is 135 Å². The van der Waals surface area contributed by atoms with Crippen LogP contribution in [0.1, 0.15) is 5.56 Å². The zero-order valence-electron chi connectivity index (χ0n) is 10.8. The van der Waals surface area contributed by atoms with Gasteiger partial charge in [0.1, 0.15) is 16.5 Å². The number of halogens is 4. The molecular weight excluding hydrogens is 334 g/mol. The molecule has 0 bridgehead atoms. The summed E-state index contributed by atoms with van der Waals surface area (Å²) in [5, 5.41) is 1.58. The van der Waals surface area contributed by atoms with E-state index in [4.69, 9.17) is 34.8 Å². The van der Waals surface area contributed by atoms with Crippen molar-refractivity contribution in [2.24, 2.45) is 0 Å². The van der Waals surface area contributed by atoms with E-state index in [9.17, 15) is 4.39 Å². The fraction of sp³-hybridized carbons (Fsp3) is 0.0667. The molecule has 3 rings (SSSR count). The number of rotatable bonds is 1. The molecule has 0 aliphatic carbocycles. The van der Waals surface area contributed by atoms with Crippen LogP contribution in [0.4, 0.5) is 4.39 Å². The fourth-order valence-electron chi connectivity index (χ4n) is 2.11. The number of nitrogens with zero attached hydrogens (tertiary/aromatic N) is 2. The summed E-state index contributed by atoms with van der Waals surface area (Å²) in [4.78, 5) is 8.48. The smallest absolute Gasteiger partial charge is 0.163 e. The summed E-state index contributed by atoms with van der Waals surface area (Å²) in [6.45, 7) is 1.83. The molecule has 0 aliphatic rings. The molecule has 0 fully saturated rings. The van der Waals surface area contributed by atoms with Crippen molar-refractivity contribution in [1.29, 1.82) is 0 Å². The van der Waals surface area contributed by atoms with Crippen LogP contribution in [0.2, 0.25) is 15.2 Å². The Morgan fingerprint density at radius 1 is 1.00 bits per heavy atom. The molecule has 6 heteroatoms. The van der Waals surface area contributed by atoms with Gasteiger partial charge in [0.25, 0.3) is 0 Å². The van der Waals surface area contributed by atoms with Crippen LogP contribution in [0.15, 0.2) is 30.3 Å². The third kappa shape index (κ3) is 2.57. The Morgan fingerprint density at radius 3 is 2.48 bits per heavy atom. The van der Waals surface area contributed by atoms with Gasteiger partial charge >= 0.3 is 0 Å². The molecule has 2 nitrogen and oxygen atoms in total. The highest BCUT2D eigenvalue weighted by Crippen LogP contribution is 2.32. The molecule has 0 amide bonds. The number of hydrogen-bond acceptors (Lipinski definition) is 2. The van der Waals surface area contributed by atoms with Gasteiger partial charge in [0, 0.05) is 16.0 Å². The molecule has 21 heavy (non-hydrogen) atoms. The second-order valence-electron chi connectivity index (χ2n) is 4.55. The molecule has 3 aromatic rings. The molecule has 0 radical (unpaired) electrons. The number of aromatic nitrogens is 2. The normalized spacial score (nSPS) is 11.1. The van der Waals surface area contributed by atoms with Gasteiger partial charge in [-0.05, 0) is 36.8 Å². The Morgan fingerprint density at radius 2 is 1.76 bits per heavy atom. The standard InChI is InChI=1S/C15H8Cl3FN2/c1-7-2-5-11(19)13-12(7)14(18)21-15(20-13)9-4-3-8(16)6-10(9)17/h2-6H,1H3. The highest BCUT2D eigenvalue weighted by atomic mass is 35.5. The highest BCUT2D eigenvalue weighted by Gasteiger charge is 2.15. The minimum Gasteiger partial charge on any atom is -0.225 e. The van der Waals surface area contributed by atoms with Gasteiger partial charge in [0.05, 0.1) is 5.02 Å². The van der Waals surface area contributed by atoms with E-state index >= 15 is 0 Å². The minimum absolute atomic E-state index is 0.177. The van der Waals surface area contributed by atoms with Crippen molar-refractivity contribution in [2.75, 3.05) is 0 Å². The molecule has 0 atom stereocenters. The van der Waals surface area contributed by atoms with E-state index in [1.807, 2.05) is 6.92 Å². The Kier molecular flexibility index (Phi) is 3.74. The number of hydrogen-bond donors (Lipinski definition) is 0. The van der Waals surface area contributed by atoms with Gasteiger partial charge in [-0.2, -0.15) is 0 Å². The molecule has 0 aliphatic heterocycles. The van der Waals surface area contributed by atoms with E-state index in [2.05, 4.69) is 9.97 Å². The van der Waals surface area contributed by atoms with Crippen LogP contribution >= 0.6 is 34.8 Å². The van der Waals surface area contributed by atoms with Crippen molar-refractivity contribution >= 4 is 45.7 Å². The molecule has 0 N–H and O–H groups in total. The van der Waals surface area contributed by atoms with Crippen LogP contribution in [0.3, 0.4) is 0 Å². The molecule has 0 unspecified atom stereocenters. The van der Waals surface area contributed by atoms with Crippen LogP contribution in [0, 0.1) is 12.7 Å². The van der Waals surface area contributed by atoms with Crippen LogP contribution < -0.4 is 0 Å². The lowest BCUT2D eigenvalue weighted by Gasteiger charge is -2.09. The first-order chi connectivity index (χ1) is 9.97. The summed E-state index contributed by atoms with van der Waals surface area (Å²) in [6.07, 6.45) is 0. The largest absolute Gasteiger partial charge is 0.225 e. The van der Waals surface area contributed by atoms with E-state index in [0.717, 1.165) is 5.56 Å². The van der Waals surface area contributed by atoms with Crippen molar-refractivity contribution < 1.29 is 4.39 Å². The molecule has 1 heterocycles. The fourth-order valence-corrected chi connectivity index (χ4v) is 2.92. The van der Waals surface area contributed by atoms with Crippen LogP contribution in [-0.2, 0) is 0 Å². The molecule has 2 aromatic carbocycles. The summed E-state index contributed by atoms with van der Waals surface area (Å²) >= 11 is 18.2. The maximum atomic E-state index is 14.0. The van der Waals surface area contributed by atoms with Gasteiger partial charge in [-0.3, -0.25) is 0 Å². The Hall–Kier alpha value is -1.42. The molecule has 0 saturated heterocycles. The second-order valence-corrected chi connectivity index (χ2v) is 5.75. The zero-order valence-corrected chi connectivity index (χ0v) is 13.1. The SMILES string of the molecule is Cc1ccc(F)c2nc(-c3ccc(Cl)cc3Cl)nc(Cl)c12. The van der Waals surface area contributed by atoms with Crippen molar-refractivity contribution in [3.05, 3.63) is 56.9 Å². The minimum atomic E-state index is -0.453. The van der Waals surface area contributed by atoms with Crippen molar-refractivity contribution in [3.63, 3.8) is 0 Å². The van der Waals surface area contributed by atoms with Gasteiger partial charge in [-0.15, -0.1) is 0 Å². The van der Waals surface area contributed by atoms with E-state index in [0.29, 0.717) is 21.0 Å². The average molecular weight is 342 g/mol. The number of fused-ring (bicyclic) bond motifs is 1. The summed E-state index contributed by atoms with van der Waals surface area (Å²) in [5.74, 6) is -0.190. The maximum Gasteiger partial charge on any atom is 0.163 e. The van der Waals surface area contributed by atoms with E-state index < -0.39 is 5.82 Å². The predicted molar refractivity (Wildman–Crippen MR) is 84.7 cm³/mol. The maximum absolute atomic E-state index is 14.0. The van der Waals surface area contributed by atoms with Gasteiger partial charge in [0.2, 0.25) is 0 Å². The van der Waals surface area contributed by atoms with Crippen molar-refractivity contribution in [2.45, 2.75) is 6.92 Å². The van der Waals surface area contributed by atoms with E-state index in [-0.39, 0.29) is 16.5 Å². The van der Waals surface area contributed by atoms with Gasteiger partial charge in [-0.1, -0.05) is 40.9 Å². The molecular formula is C15H8Cl3FN2. The predicted octanol–water partition coefficient (Wildman–Crippen LogP) is 5.70. The Balaban J connectivity index is 2.33. The van der Waals surface area contributed by atoms with Crippen LogP contribution in [-0.4, -0.2) is 9.97 Å². The lowest BCUT2D eigenvalue weighted by Crippen LogP contribution is -1.96. The van der Waals surface area contributed by atoms with Crippen LogP contribution in [0.5, 0.6) is 0 Å². The zero-order chi connectivity index (χ0) is 15.1.